The molecule has 0 bridgehead atoms. The first-order chi connectivity index (χ1) is 7.84. The van der Waals surface area contributed by atoms with Gasteiger partial charge in [-0.15, -0.1) is 17.0 Å². The Morgan fingerprint density at radius 2 is 1.29 bits per heavy atom. The molecule has 0 aliphatic heterocycles. The zero-order valence-corrected chi connectivity index (χ0v) is 11.1. The number of rotatable bonds is 4. The number of hydrogen-bond acceptors (Lipinski definition) is 1. The lowest BCUT2D eigenvalue weighted by Crippen LogP contribution is -2.12. The van der Waals surface area contributed by atoms with Gasteiger partial charge in [-0.1, -0.05) is 42.5 Å². The molecule has 2 aromatic carbocycles. The predicted molar refractivity (Wildman–Crippen MR) is 73.7 cm³/mol. The van der Waals surface area contributed by atoms with Crippen LogP contribution in [0.25, 0.3) is 0 Å². The van der Waals surface area contributed by atoms with Gasteiger partial charge in [0.25, 0.3) is 0 Å². The molecule has 0 heterocycles. The van der Waals surface area contributed by atoms with Crippen molar-refractivity contribution >= 4 is 17.0 Å². The lowest BCUT2D eigenvalue weighted by Gasteiger charge is -2.04. The largest absolute Gasteiger partial charge is 0.309 e. The van der Waals surface area contributed by atoms with E-state index in [1.165, 1.54) is 17.7 Å². The van der Waals surface area contributed by atoms with Crippen LogP contribution in [-0.4, -0.2) is 0 Å². The molecular formula is C14H15BrFN. The third-order valence-corrected chi connectivity index (χ3v) is 2.41. The molecule has 0 fully saturated rings. The summed E-state index contributed by atoms with van der Waals surface area (Å²) in [6.45, 7) is 1.59. The Labute approximate surface area is 111 Å². The van der Waals surface area contributed by atoms with Gasteiger partial charge in [-0.3, -0.25) is 0 Å². The minimum Gasteiger partial charge on any atom is -0.309 e. The van der Waals surface area contributed by atoms with Crippen molar-refractivity contribution in [2.24, 2.45) is 0 Å². The maximum Gasteiger partial charge on any atom is 0.123 e. The highest BCUT2D eigenvalue weighted by Gasteiger charge is 1.94. The summed E-state index contributed by atoms with van der Waals surface area (Å²) in [5.41, 5.74) is 2.35. The Morgan fingerprint density at radius 3 is 1.88 bits per heavy atom. The van der Waals surface area contributed by atoms with E-state index in [9.17, 15) is 4.39 Å². The average molecular weight is 296 g/mol. The van der Waals surface area contributed by atoms with Gasteiger partial charge in [0.2, 0.25) is 0 Å². The molecule has 90 valence electrons. The maximum absolute atomic E-state index is 12.7. The second-order valence-corrected chi connectivity index (χ2v) is 3.72. The van der Waals surface area contributed by atoms with Crippen LogP contribution in [0.5, 0.6) is 0 Å². The second kappa shape index (κ2) is 7.20. The topological polar surface area (TPSA) is 12.0 Å². The summed E-state index contributed by atoms with van der Waals surface area (Å²) >= 11 is 0. The highest BCUT2D eigenvalue weighted by molar-refractivity contribution is 8.93. The van der Waals surface area contributed by atoms with Crippen LogP contribution in [0.1, 0.15) is 11.1 Å². The van der Waals surface area contributed by atoms with Crippen molar-refractivity contribution in [2.45, 2.75) is 13.1 Å². The molecular weight excluding hydrogens is 281 g/mol. The molecule has 2 rings (SSSR count). The van der Waals surface area contributed by atoms with Crippen molar-refractivity contribution in [3.63, 3.8) is 0 Å². The van der Waals surface area contributed by atoms with Gasteiger partial charge in [-0.05, 0) is 23.3 Å². The summed E-state index contributed by atoms with van der Waals surface area (Å²) in [4.78, 5) is 0. The molecule has 0 amide bonds. The van der Waals surface area contributed by atoms with Crippen LogP contribution in [0, 0.1) is 5.82 Å². The molecule has 0 spiro atoms. The Morgan fingerprint density at radius 1 is 0.765 bits per heavy atom. The van der Waals surface area contributed by atoms with Crippen LogP contribution in [0.3, 0.4) is 0 Å². The van der Waals surface area contributed by atoms with Gasteiger partial charge in [0.15, 0.2) is 0 Å². The standard InChI is InChI=1S/C14H14FN.BrH/c15-14-8-6-13(7-9-14)11-16-10-12-4-2-1-3-5-12;/h1-9,16H,10-11H2;1H. The van der Waals surface area contributed by atoms with E-state index in [0.717, 1.165) is 18.7 Å². The normalized spacial score (nSPS) is 9.71. The summed E-state index contributed by atoms with van der Waals surface area (Å²) in [6.07, 6.45) is 0. The predicted octanol–water partition coefficient (Wildman–Crippen LogP) is 3.69. The molecule has 0 unspecified atom stereocenters. The quantitative estimate of drug-likeness (QED) is 0.907. The van der Waals surface area contributed by atoms with E-state index >= 15 is 0 Å². The Hall–Kier alpha value is -1.19. The van der Waals surface area contributed by atoms with E-state index in [0.29, 0.717) is 0 Å². The van der Waals surface area contributed by atoms with Crippen LogP contribution in [0.4, 0.5) is 4.39 Å². The van der Waals surface area contributed by atoms with Crippen molar-refractivity contribution in [3.8, 4) is 0 Å². The number of hydrogen-bond donors (Lipinski definition) is 1. The Balaban J connectivity index is 0.00000144. The summed E-state index contributed by atoms with van der Waals surface area (Å²) in [6, 6.07) is 16.8. The first-order valence-corrected chi connectivity index (χ1v) is 5.34. The first-order valence-electron chi connectivity index (χ1n) is 5.34. The summed E-state index contributed by atoms with van der Waals surface area (Å²) in [5.74, 6) is -0.188. The molecule has 2 aromatic rings. The Kier molecular flexibility index (Phi) is 5.87. The molecule has 0 atom stereocenters. The summed E-state index contributed by atoms with van der Waals surface area (Å²) in [7, 11) is 0. The van der Waals surface area contributed by atoms with Crippen molar-refractivity contribution in [2.75, 3.05) is 0 Å². The zero-order chi connectivity index (χ0) is 11.2. The molecule has 0 radical (unpaired) electrons. The fraction of sp³-hybridized carbons (Fsp3) is 0.143. The van der Waals surface area contributed by atoms with Gasteiger partial charge >= 0.3 is 0 Å². The van der Waals surface area contributed by atoms with Gasteiger partial charge in [-0.25, -0.2) is 4.39 Å². The van der Waals surface area contributed by atoms with Crippen LogP contribution < -0.4 is 5.32 Å². The minimum atomic E-state index is -0.188. The van der Waals surface area contributed by atoms with Crippen molar-refractivity contribution in [1.29, 1.82) is 0 Å². The number of benzene rings is 2. The molecule has 1 nitrogen and oxygen atoms in total. The monoisotopic (exact) mass is 295 g/mol. The van der Waals surface area contributed by atoms with Gasteiger partial charge in [0, 0.05) is 13.1 Å². The SMILES string of the molecule is Br.Fc1ccc(CNCc2ccccc2)cc1. The molecule has 0 aliphatic carbocycles. The van der Waals surface area contributed by atoms with Crippen LogP contribution >= 0.6 is 17.0 Å². The molecule has 0 aliphatic rings. The lowest BCUT2D eigenvalue weighted by molar-refractivity contribution is 0.625. The lowest BCUT2D eigenvalue weighted by atomic mass is 10.2. The van der Waals surface area contributed by atoms with E-state index in [4.69, 9.17) is 0 Å². The van der Waals surface area contributed by atoms with Crippen molar-refractivity contribution in [3.05, 3.63) is 71.5 Å². The second-order valence-electron chi connectivity index (χ2n) is 3.72. The molecule has 0 saturated carbocycles. The van der Waals surface area contributed by atoms with Crippen LogP contribution in [0.15, 0.2) is 54.6 Å². The summed E-state index contributed by atoms with van der Waals surface area (Å²) < 4.78 is 12.7. The van der Waals surface area contributed by atoms with Gasteiger partial charge in [-0.2, -0.15) is 0 Å². The smallest absolute Gasteiger partial charge is 0.123 e. The molecule has 3 heteroatoms. The van der Waals surface area contributed by atoms with Crippen molar-refractivity contribution in [1.82, 2.24) is 5.32 Å². The van der Waals surface area contributed by atoms with E-state index in [2.05, 4.69) is 17.4 Å². The average Bonchev–Trinajstić information content (AvgIpc) is 2.33. The van der Waals surface area contributed by atoms with E-state index in [-0.39, 0.29) is 22.8 Å². The fourth-order valence-electron chi connectivity index (χ4n) is 1.55. The van der Waals surface area contributed by atoms with Crippen LogP contribution in [0.2, 0.25) is 0 Å². The third kappa shape index (κ3) is 4.67. The van der Waals surface area contributed by atoms with Gasteiger partial charge < -0.3 is 5.32 Å². The molecule has 0 aromatic heterocycles. The summed E-state index contributed by atoms with van der Waals surface area (Å²) in [5, 5.41) is 3.31. The van der Waals surface area contributed by atoms with Crippen LogP contribution in [-0.2, 0) is 13.1 Å². The van der Waals surface area contributed by atoms with Gasteiger partial charge in [0.05, 0.1) is 0 Å². The maximum atomic E-state index is 12.7. The number of nitrogens with one attached hydrogen (secondary N) is 1. The first kappa shape index (κ1) is 13.9. The van der Waals surface area contributed by atoms with E-state index in [1.54, 1.807) is 12.1 Å². The van der Waals surface area contributed by atoms with Crippen molar-refractivity contribution < 1.29 is 4.39 Å². The minimum absolute atomic E-state index is 0. The van der Waals surface area contributed by atoms with E-state index < -0.39 is 0 Å². The van der Waals surface area contributed by atoms with E-state index in [1.807, 2.05) is 18.2 Å². The molecule has 1 N–H and O–H groups in total. The third-order valence-electron chi connectivity index (χ3n) is 2.41. The van der Waals surface area contributed by atoms with Gasteiger partial charge in [0.1, 0.15) is 5.82 Å². The molecule has 17 heavy (non-hydrogen) atoms. The highest BCUT2D eigenvalue weighted by atomic mass is 79.9. The Bertz CT molecular complexity index is 428. The zero-order valence-electron chi connectivity index (χ0n) is 9.40. The fourth-order valence-corrected chi connectivity index (χ4v) is 1.55. The molecule has 0 saturated heterocycles. The number of halogens is 2. The highest BCUT2D eigenvalue weighted by Crippen LogP contribution is 2.03.